The smallest absolute Gasteiger partial charge is 0.231 e. The Kier molecular flexibility index (Phi) is 17.1. The van der Waals surface area contributed by atoms with Gasteiger partial charge in [0, 0.05) is 4.90 Å². The minimum Gasteiger partial charge on any atom is -0.454 e. The topological polar surface area (TPSA) is 18.5 Å². The number of benzene rings is 3. The van der Waals surface area contributed by atoms with Crippen LogP contribution in [-0.4, -0.2) is 13.0 Å². The number of hydrogen-bond donors (Lipinski definition) is 0. The second-order valence-corrected chi connectivity index (χ2v) is 6.59. The first kappa shape index (κ1) is 27.6. The Balaban J connectivity index is 0.000000392. The van der Waals surface area contributed by atoms with Gasteiger partial charge in [0.2, 0.25) is 6.79 Å². The van der Waals surface area contributed by atoms with E-state index in [-0.39, 0.29) is 0 Å². The van der Waals surface area contributed by atoms with Crippen LogP contribution in [0.5, 0.6) is 11.5 Å². The van der Waals surface area contributed by atoms with Crippen molar-refractivity contribution < 1.29 is 9.47 Å². The maximum Gasteiger partial charge on any atom is 0.231 e. The van der Waals surface area contributed by atoms with Gasteiger partial charge in [0.1, 0.15) is 0 Å². The zero-order valence-electron chi connectivity index (χ0n) is 19.6. The van der Waals surface area contributed by atoms with Crippen molar-refractivity contribution in [1.29, 1.82) is 0 Å². The number of aryl methyl sites for hydroxylation is 2. The van der Waals surface area contributed by atoms with Crippen molar-refractivity contribution in [3.05, 3.63) is 90.0 Å². The van der Waals surface area contributed by atoms with Crippen LogP contribution in [0.25, 0.3) is 0 Å². The molecule has 0 radical (unpaired) electrons. The van der Waals surface area contributed by atoms with Gasteiger partial charge in [-0.3, -0.25) is 0 Å². The molecule has 0 amide bonds. The van der Waals surface area contributed by atoms with Gasteiger partial charge in [0.25, 0.3) is 0 Å². The zero-order valence-corrected chi connectivity index (χ0v) is 20.5. The van der Waals surface area contributed by atoms with Crippen LogP contribution in [0.15, 0.2) is 83.8 Å². The molecule has 0 aliphatic carbocycles. The van der Waals surface area contributed by atoms with Crippen molar-refractivity contribution in [2.75, 3.05) is 13.0 Å². The van der Waals surface area contributed by atoms with Gasteiger partial charge in [-0.2, -0.15) is 0 Å². The van der Waals surface area contributed by atoms with Gasteiger partial charge in [-0.1, -0.05) is 94.8 Å². The Morgan fingerprint density at radius 3 is 1.53 bits per heavy atom. The van der Waals surface area contributed by atoms with Crippen LogP contribution in [0, 0.1) is 6.92 Å². The minimum absolute atomic E-state index is 0.360. The second kappa shape index (κ2) is 18.6. The zero-order chi connectivity index (χ0) is 22.6. The van der Waals surface area contributed by atoms with Gasteiger partial charge >= 0.3 is 0 Å². The average molecular weight is 427 g/mol. The summed E-state index contributed by atoms with van der Waals surface area (Å²) in [6, 6.07) is 26.6. The molecule has 0 bridgehead atoms. The molecule has 0 unspecified atom stereocenters. The molecule has 0 atom stereocenters. The summed E-state index contributed by atoms with van der Waals surface area (Å²) in [5, 5.41) is 0. The molecule has 30 heavy (non-hydrogen) atoms. The summed E-state index contributed by atoms with van der Waals surface area (Å²) in [5.74, 6) is 1.69. The summed E-state index contributed by atoms with van der Waals surface area (Å²) in [7, 11) is 0. The van der Waals surface area contributed by atoms with E-state index >= 15 is 0 Å². The summed E-state index contributed by atoms with van der Waals surface area (Å²) in [6.07, 6.45) is 3.23. The lowest BCUT2D eigenvalue weighted by Crippen LogP contribution is -1.92. The fraction of sp³-hybridized carbons (Fsp3) is 0.333. The lowest BCUT2D eigenvalue weighted by Gasteiger charge is -1.97. The van der Waals surface area contributed by atoms with Gasteiger partial charge in [0.15, 0.2) is 11.5 Å². The summed E-state index contributed by atoms with van der Waals surface area (Å²) < 4.78 is 10.2. The van der Waals surface area contributed by atoms with Crippen LogP contribution >= 0.6 is 11.8 Å². The Morgan fingerprint density at radius 1 is 0.700 bits per heavy atom. The molecule has 3 aromatic rings. The van der Waals surface area contributed by atoms with E-state index in [1.54, 1.807) is 11.8 Å². The number of fused-ring (bicyclic) bond motifs is 1. The molecule has 1 aliphatic rings. The summed E-state index contributed by atoms with van der Waals surface area (Å²) in [4.78, 5) is 1.34. The van der Waals surface area contributed by atoms with Gasteiger partial charge in [0.05, 0.1) is 0 Å². The standard InChI is InChI=1S/C9H12S.C7H6O2.C7H8.2C2H6/c1-3-8-4-6-9(10-2)7-5-8;1-2-4-7-6(3-1)8-5-9-7;1-7-5-3-2-4-6-7;2*1-2/h4-7H,3H2,1-2H3;1-4H,5H2;2-6H,1H3;2*1-2H3. The van der Waals surface area contributed by atoms with Crippen molar-refractivity contribution in [1.82, 2.24) is 0 Å². The van der Waals surface area contributed by atoms with Crippen LogP contribution < -0.4 is 9.47 Å². The molecule has 0 saturated carbocycles. The highest BCUT2D eigenvalue weighted by atomic mass is 32.2. The highest BCUT2D eigenvalue weighted by molar-refractivity contribution is 7.98. The number of thioether (sulfide) groups is 1. The fourth-order valence-electron chi connectivity index (χ4n) is 2.24. The van der Waals surface area contributed by atoms with E-state index in [1.165, 1.54) is 16.0 Å². The summed E-state index contributed by atoms with van der Waals surface area (Å²) >= 11 is 1.79. The predicted octanol–water partition coefficient (Wildman–Crippen LogP) is 8.43. The maximum absolute atomic E-state index is 5.08. The number of hydrogen-bond acceptors (Lipinski definition) is 3. The molecule has 164 valence electrons. The highest BCUT2D eigenvalue weighted by Gasteiger charge is 2.09. The molecular weight excluding hydrogens is 388 g/mol. The van der Waals surface area contributed by atoms with Crippen LogP contribution in [-0.2, 0) is 6.42 Å². The Morgan fingerprint density at radius 2 is 1.17 bits per heavy atom. The first-order valence-corrected chi connectivity index (χ1v) is 11.9. The monoisotopic (exact) mass is 426 g/mol. The SMILES string of the molecule is CC.CC.CCc1ccc(SC)cc1.Cc1ccccc1.c1ccc2c(c1)OCO2. The molecule has 1 aliphatic heterocycles. The third-order valence-electron chi connectivity index (χ3n) is 3.79. The quantitative estimate of drug-likeness (QED) is 0.383. The van der Waals surface area contributed by atoms with E-state index in [4.69, 9.17) is 9.47 Å². The lowest BCUT2D eigenvalue weighted by molar-refractivity contribution is 0.174. The van der Waals surface area contributed by atoms with Crippen LogP contribution in [0.4, 0.5) is 0 Å². The Hall–Kier alpha value is -2.39. The second-order valence-electron chi connectivity index (χ2n) is 5.71. The first-order valence-electron chi connectivity index (χ1n) is 10.7. The van der Waals surface area contributed by atoms with Crippen molar-refractivity contribution >= 4 is 11.8 Å². The van der Waals surface area contributed by atoms with Crippen LogP contribution in [0.3, 0.4) is 0 Å². The van der Waals surface area contributed by atoms with Gasteiger partial charge in [-0.05, 0) is 49.4 Å². The molecule has 0 N–H and O–H groups in total. The van der Waals surface area contributed by atoms with Gasteiger partial charge in [-0.25, -0.2) is 0 Å². The van der Waals surface area contributed by atoms with Crippen molar-refractivity contribution in [2.45, 2.75) is 52.9 Å². The third-order valence-corrected chi connectivity index (χ3v) is 4.53. The molecule has 1 heterocycles. The van der Waals surface area contributed by atoms with E-state index in [9.17, 15) is 0 Å². The summed E-state index contributed by atoms with van der Waals surface area (Å²) in [5.41, 5.74) is 2.74. The molecule has 0 fully saturated rings. The maximum atomic E-state index is 5.08. The normalized spacial score (nSPS) is 9.83. The van der Waals surface area contributed by atoms with Crippen LogP contribution in [0.1, 0.15) is 45.7 Å². The highest BCUT2D eigenvalue weighted by Crippen LogP contribution is 2.30. The van der Waals surface area contributed by atoms with E-state index in [2.05, 4.69) is 56.5 Å². The average Bonchev–Trinajstić information content (AvgIpc) is 3.32. The molecular formula is C27H38O2S. The minimum atomic E-state index is 0.360. The summed E-state index contributed by atoms with van der Waals surface area (Å²) in [6.45, 7) is 12.6. The Bertz CT molecular complexity index is 709. The fourth-order valence-corrected chi connectivity index (χ4v) is 2.65. The van der Waals surface area contributed by atoms with Crippen LogP contribution in [0.2, 0.25) is 0 Å². The molecule has 4 rings (SSSR count). The van der Waals surface area contributed by atoms with Gasteiger partial charge in [-0.15, -0.1) is 11.8 Å². The van der Waals surface area contributed by atoms with Crippen molar-refractivity contribution in [2.24, 2.45) is 0 Å². The molecule has 2 nitrogen and oxygen atoms in total. The number of ether oxygens (including phenoxy) is 2. The van der Waals surface area contributed by atoms with Gasteiger partial charge < -0.3 is 9.47 Å². The third kappa shape index (κ3) is 11.6. The van der Waals surface area contributed by atoms with E-state index in [0.717, 1.165) is 17.9 Å². The molecule has 0 spiro atoms. The molecule has 3 heteroatoms. The molecule has 0 aromatic heterocycles. The predicted molar refractivity (Wildman–Crippen MR) is 134 cm³/mol. The number of para-hydroxylation sites is 2. The van der Waals surface area contributed by atoms with E-state index in [0.29, 0.717) is 6.79 Å². The van der Waals surface area contributed by atoms with Crippen molar-refractivity contribution in [3.8, 4) is 11.5 Å². The number of rotatable bonds is 2. The lowest BCUT2D eigenvalue weighted by atomic mass is 10.2. The molecule has 3 aromatic carbocycles. The van der Waals surface area contributed by atoms with Crippen molar-refractivity contribution in [3.63, 3.8) is 0 Å². The largest absolute Gasteiger partial charge is 0.454 e. The van der Waals surface area contributed by atoms with E-state index in [1.807, 2.05) is 70.2 Å². The first-order chi connectivity index (χ1) is 14.7. The van der Waals surface area contributed by atoms with E-state index < -0.39 is 0 Å². The Labute approximate surface area is 188 Å². The molecule has 0 saturated heterocycles.